The molecule has 1 aromatic heterocycles. The molecular formula is C17H12F2N2. The summed E-state index contributed by atoms with van der Waals surface area (Å²) in [6.07, 6.45) is 1.57. The molecule has 0 radical (unpaired) electrons. The third kappa shape index (κ3) is 1.95. The SMILES string of the molecule is Fc1cc(F)c2nccc(N3Cc4ccccc4C3)c2c1. The molecule has 0 bridgehead atoms. The quantitative estimate of drug-likeness (QED) is 0.670. The average molecular weight is 282 g/mol. The van der Waals surface area contributed by atoms with Crippen LogP contribution in [0.4, 0.5) is 14.5 Å². The number of anilines is 1. The van der Waals surface area contributed by atoms with Gasteiger partial charge in [-0.1, -0.05) is 24.3 Å². The molecule has 0 amide bonds. The summed E-state index contributed by atoms with van der Waals surface area (Å²) in [5.41, 5.74) is 3.53. The minimum Gasteiger partial charge on any atom is -0.362 e. The highest BCUT2D eigenvalue weighted by atomic mass is 19.1. The molecule has 1 aliphatic heterocycles. The maximum Gasteiger partial charge on any atom is 0.152 e. The summed E-state index contributed by atoms with van der Waals surface area (Å²) in [6.45, 7) is 1.49. The first-order valence-electron chi connectivity index (χ1n) is 6.78. The van der Waals surface area contributed by atoms with Crippen molar-refractivity contribution in [2.75, 3.05) is 4.90 Å². The fourth-order valence-corrected chi connectivity index (χ4v) is 2.94. The summed E-state index contributed by atoms with van der Waals surface area (Å²) in [4.78, 5) is 6.15. The van der Waals surface area contributed by atoms with E-state index < -0.39 is 11.6 Å². The lowest BCUT2D eigenvalue weighted by atomic mass is 10.1. The Balaban J connectivity index is 1.85. The van der Waals surface area contributed by atoms with Crippen molar-refractivity contribution in [3.8, 4) is 0 Å². The monoisotopic (exact) mass is 282 g/mol. The molecular weight excluding hydrogens is 270 g/mol. The molecule has 2 aromatic carbocycles. The molecule has 0 atom stereocenters. The van der Waals surface area contributed by atoms with Crippen LogP contribution in [0.2, 0.25) is 0 Å². The second kappa shape index (κ2) is 4.52. The van der Waals surface area contributed by atoms with Gasteiger partial charge >= 0.3 is 0 Å². The first-order valence-corrected chi connectivity index (χ1v) is 6.78. The normalized spacial score (nSPS) is 13.7. The topological polar surface area (TPSA) is 16.1 Å². The van der Waals surface area contributed by atoms with Crippen molar-refractivity contribution in [2.24, 2.45) is 0 Å². The van der Waals surface area contributed by atoms with E-state index in [2.05, 4.69) is 22.0 Å². The van der Waals surface area contributed by atoms with Gasteiger partial charge in [0.15, 0.2) is 5.82 Å². The van der Waals surface area contributed by atoms with Crippen LogP contribution in [0.5, 0.6) is 0 Å². The van der Waals surface area contributed by atoms with Crippen molar-refractivity contribution in [1.29, 1.82) is 0 Å². The van der Waals surface area contributed by atoms with Crippen molar-refractivity contribution in [3.63, 3.8) is 0 Å². The van der Waals surface area contributed by atoms with Crippen LogP contribution in [0, 0.1) is 11.6 Å². The van der Waals surface area contributed by atoms with Crippen LogP contribution < -0.4 is 4.90 Å². The second-order valence-electron chi connectivity index (χ2n) is 5.24. The van der Waals surface area contributed by atoms with Gasteiger partial charge in [0.25, 0.3) is 0 Å². The fraction of sp³-hybridized carbons (Fsp3) is 0.118. The third-order valence-corrected chi connectivity index (χ3v) is 3.92. The summed E-state index contributed by atoms with van der Waals surface area (Å²) in [5, 5.41) is 0.516. The zero-order chi connectivity index (χ0) is 14.4. The van der Waals surface area contributed by atoms with Crippen LogP contribution in [0.15, 0.2) is 48.7 Å². The Hall–Kier alpha value is -2.49. The lowest BCUT2D eigenvalue weighted by Gasteiger charge is -2.19. The van der Waals surface area contributed by atoms with E-state index in [9.17, 15) is 8.78 Å². The van der Waals surface area contributed by atoms with Gasteiger partial charge in [-0.2, -0.15) is 0 Å². The van der Waals surface area contributed by atoms with Crippen LogP contribution in [0.3, 0.4) is 0 Å². The van der Waals surface area contributed by atoms with Gasteiger partial charge in [-0.3, -0.25) is 4.98 Å². The number of pyridine rings is 1. The molecule has 0 spiro atoms. The minimum atomic E-state index is -0.622. The van der Waals surface area contributed by atoms with Gasteiger partial charge in [0, 0.05) is 36.4 Å². The van der Waals surface area contributed by atoms with E-state index in [4.69, 9.17) is 0 Å². The van der Waals surface area contributed by atoms with Crippen molar-refractivity contribution in [2.45, 2.75) is 13.1 Å². The summed E-state index contributed by atoms with van der Waals surface area (Å²) < 4.78 is 27.4. The molecule has 2 nitrogen and oxygen atoms in total. The first kappa shape index (κ1) is 12.3. The molecule has 2 heterocycles. The Kier molecular flexibility index (Phi) is 2.64. The van der Waals surface area contributed by atoms with Gasteiger partial charge in [0.2, 0.25) is 0 Å². The molecule has 0 fully saturated rings. The zero-order valence-electron chi connectivity index (χ0n) is 11.2. The number of hydrogen-bond donors (Lipinski definition) is 0. The first-order chi connectivity index (χ1) is 10.2. The molecule has 0 unspecified atom stereocenters. The highest BCUT2D eigenvalue weighted by Gasteiger charge is 2.21. The van der Waals surface area contributed by atoms with Crippen LogP contribution >= 0.6 is 0 Å². The number of halogens is 2. The highest BCUT2D eigenvalue weighted by molar-refractivity contribution is 5.92. The average Bonchev–Trinajstić information content (AvgIpc) is 2.90. The number of fused-ring (bicyclic) bond motifs is 2. The van der Waals surface area contributed by atoms with Crippen molar-refractivity contribution in [3.05, 3.63) is 71.4 Å². The molecule has 4 heteroatoms. The Labute approximate surface area is 120 Å². The molecule has 0 saturated heterocycles. The van der Waals surface area contributed by atoms with E-state index in [-0.39, 0.29) is 5.52 Å². The van der Waals surface area contributed by atoms with Gasteiger partial charge < -0.3 is 4.90 Å². The number of rotatable bonds is 1. The summed E-state index contributed by atoms with van der Waals surface area (Å²) in [7, 11) is 0. The molecule has 4 rings (SSSR count). The number of benzene rings is 2. The summed E-state index contributed by atoms with van der Waals surface area (Å²) >= 11 is 0. The van der Waals surface area contributed by atoms with Gasteiger partial charge in [-0.15, -0.1) is 0 Å². The Morgan fingerprint density at radius 3 is 2.38 bits per heavy atom. The van der Waals surface area contributed by atoms with E-state index in [1.165, 1.54) is 17.2 Å². The van der Waals surface area contributed by atoms with Crippen molar-refractivity contribution >= 4 is 16.6 Å². The number of nitrogens with zero attached hydrogens (tertiary/aromatic N) is 2. The van der Waals surface area contributed by atoms with Crippen molar-refractivity contribution in [1.82, 2.24) is 4.98 Å². The Morgan fingerprint density at radius 1 is 0.952 bits per heavy atom. The smallest absolute Gasteiger partial charge is 0.152 e. The van der Waals surface area contributed by atoms with E-state index in [1.807, 2.05) is 18.2 Å². The lowest BCUT2D eigenvalue weighted by Crippen LogP contribution is -2.15. The van der Waals surface area contributed by atoms with E-state index in [0.29, 0.717) is 5.39 Å². The molecule has 0 aliphatic carbocycles. The highest BCUT2D eigenvalue weighted by Crippen LogP contribution is 2.33. The maximum atomic E-state index is 13.9. The van der Waals surface area contributed by atoms with Crippen LogP contribution in [-0.2, 0) is 13.1 Å². The van der Waals surface area contributed by atoms with Gasteiger partial charge in [0.1, 0.15) is 11.3 Å². The van der Waals surface area contributed by atoms with E-state index in [1.54, 1.807) is 6.20 Å². The molecule has 3 aromatic rings. The third-order valence-electron chi connectivity index (χ3n) is 3.92. The van der Waals surface area contributed by atoms with Gasteiger partial charge in [-0.05, 0) is 23.3 Å². The largest absolute Gasteiger partial charge is 0.362 e. The van der Waals surface area contributed by atoms with Crippen LogP contribution in [0.25, 0.3) is 10.9 Å². The van der Waals surface area contributed by atoms with Gasteiger partial charge in [0.05, 0.1) is 0 Å². The zero-order valence-corrected chi connectivity index (χ0v) is 11.2. The molecule has 0 saturated carbocycles. The maximum absolute atomic E-state index is 13.9. The standard InChI is InChI=1S/C17H12F2N2/c18-13-7-14-16(5-6-20-17(14)15(19)8-13)21-9-11-3-1-2-4-12(11)10-21/h1-8H,9-10H2. The van der Waals surface area contributed by atoms with E-state index in [0.717, 1.165) is 24.8 Å². The second-order valence-corrected chi connectivity index (χ2v) is 5.24. The number of aromatic nitrogens is 1. The molecule has 21 heavy (non-hydrogen) atoms. The lowest BCUT2D eigenvalue weighted by molar-refractivity contribution is 0.590. The Morgan fingerprint density at radius 2 is 1.67 bits per heavy atom. The molecule has 1 aliphatic rings. The van der Waals surface area contributed by atoms with Crippen LogP contribution in [0.1, 0.15) is 11.1 Å². The fourth-order valence-electron chi connectivity index (χ4n) is 2.94. The molecule has 104 valence electrons. The predicted molar refractivity (Wildman–Crippen MR) is 78.0 cm³/mol. The summed E-state index contributed by atoms with van der Waals surface area (Å²) in [6, 6.07) is 12.2. The van der Waals surface area contributed by atoms with Crippen LogP contribution in [-0.4, -0.2) is 4.98 Å². The number of hydrogen-bond acceptors (Lipinski definition) is 2. The van der Waals surface area contributed by atoms with E-state index >= 15 is 0 Å². The minimum absolute atomic E-state index is 0.213. The van der Waals surface area contributed by atoms with Crippen molar-refractivity contribution < 1.29 is 8.78 Å². The Bertz CT molecular complexity index is 820. The predicted octanol–water partition coefficient (Wildman–Crippen LogP) is 4.03. The van der Waals surface area contributed by atoms with Gasteiger partial charge in [-0.25, -0.2) is 8.78 Å². The molecule has 0 N–H and O–H groups in total. The summed E-state index contributed by atoms with van der Waals surface area (Å²) in [5.74, 6) is -1.20.